The van der Waals surface area contributed by atoms with Crippen molar-refractivity contribution in [1.82, 2.24) is 4.98 Å². The minimum absolute atomic E-state index is 0.171. The van der Waals surface area contributed by atoms with Crippen LogP contribution in [0.1, 0.15) is 32.1 Å². The minimum Gasteiger partial charge on any atom is -0.476 e. The Balaban J connectivity index is 3.12. The Morgan fingerprint density at radius 2 is 2.21 bits per heavy atom. The lowest BCUT2D eigenvalue weighted by molar-refractivity contribution is 0.0686. The van der Waals surface area contributed by atoms with Gasteiger partial charge in [-0.25, -0.2) is 9.78 Å². The summed E-state index contributed by atoms with van der Waals surface area (Å²) in [5.41, 5.74) is -0.186. The van der Waals surface area contributed by atoms with Gasteiger partial charge in [-0.05, 0) is 0 Å². The maximum Gasteiger partial charge on any atom is 0.356 e. The number of carboxylic acids is 1. The maximum absolute atomic E-state index is 11.1. The van der Waals surface area contributed by atoms with Crippen molar-refractivity contribution >= 4 is 23.1 Å². The first-order chi connectivity index (χ1) is 6.56. The van der Waals surface area contributed by atoms with Gasteiger partial charge in [0.2, 0.25) is 0 Å². The van der Waals surface area contributed by atoms with Crippen LogP contribution < -0.4 is 0 Å². The van der Waals surface area contributed by atoms with Gasteiger partial charge in [-0.3, -0.25) is 4.79 Å². The number of thiazole rings is 1. The van der Waals surface area contributed by atoms with Gasteiger partial charge < -0.3 is 9.84 Å². The van der Waals surface area contributed by atoms with Gasteiger partial charge in [0.1, 0.15) is 9.88 Å². The summed E-state index contributed by atoms with van der Waals surface area (Å²) in [6, 6.07) is 0. The Morgan fingerprint density at radius 3 is 2.57 bits per heavy atom. The predicted octanol–water partition coefficient (Wildman–Crippen LogP) is 1.19. The van der Waals surface area contributed by atoms with Crippen LogP contribution in [0.4, 0.5) is 0 Å². The van der Waals surface area contributed by atoms with E-state index in [2.05, 4.69) is 4.98 Å². The van der Waals surface area contributed by atoms with Crippen molar-refractivity contribution < 1.29 is 19.4 Å². The highest BCUT2D eigenvalue weighted by Gasteiger charge is 2.19. The van der Waals surface area contributed by atoms with Crippen molar-refractivity contribution in [2.75, 3.05) is 7.11 Å². The van der Waals surface area contributed by atoms with Gasteiger partial charge >= 0.3 is 5.97 Å². The van der Waals surface area contributed by atoms with Crippen LogP contribution in [0.3, 0.4) is 0 Å². The quantitative estimate of drug-likeness (QED) is 0.763. The third-order valence-electron chi connectivity index (χ3n) is 1.46. The zero-order valence-corrected chi connectivity index (χ0v) is 8.55. The summed E-state index contributed by atoms with van der Waals surface area (Å²) in [4.78, 5) is 25.7. The van der Waals surface area contributed by atoms with Crippen LogP contribution in [0.5, 0.6) is 0 Å². The highest BCUT2D eigenvalue weighted by atomic mass is 32.1. The lowest BCUT2D eigenvalue weighted by Crippen LogP contribution is -2.03. The fraction of sp³-hybridized carbons (Fsp3) is 0.375. The molecule has 0 saturated carbocycles. The van der Waals surface area contributed by atoms with Gasteiger partial charge in [0.15, 0.2) is 11.5 Å². The number of rotatable bonds is 4. The summed E-state index contributed by atoms with van der Waals surface area (Å²) < 4.78 is 4.80. The number of ether oxygens (including phenoxy) is 1. The average molecular weight is 215 g/mol. The first kappa shape index (κ1) is 10.8. The standard InChI is InChI=1S/C8H9NO4S/c1-4(10)7-6(8(11)12)9-5(14-7)3-13-2/h3H2,1-2H3,(H,11,12). The van der Waals surface area contributed by atoms with Gasteiger partial charge in [0.05, 0.1) is 6.61 Å². The Morgan fingerprint density at radius 1 is 1.57 bits per heavy atom. The Hall–Kier alpha value is -1.27. The molecule has 1 rings (SSSR count). The van der Waals surface area contributed by atoms with Gasteiger partial charge in [-0.1, -0.05) is 0 Å². The third-order valence-corrected chi connectivity index (χ3v) is 2.59. The first-order valence-electron chi connectivity index (χ1n) is 3.79. The van der Waals surface area contributed by atoms with Crippen LogP contribution in [0, 0.1) is 0 Å². The number of carboxylic acid groups (broad SMARTS) is 1. The van der Waals surface area contributed by atoms with Crippen molar-refractivity contribution in [2.24, 2.45) is 0 Å². The third kappa shape index (κ3) is 2.15. The molecule has 6 heteroatoms. The largest absolute Gasteiger partial charge is 0.476 e. The molecule has 1 heterocycles. The van der Waals surface area contributed by atoms with E-state index in [1.165, 1.54) is 14.0 Å². The lowest BCUT2D eigenvalue weighted by atomic mass is 10.3. The molecular weight excluding hydrogens is 206 g/mol. The number of nitrogens with zero attached hydrogens (tertiary/aromatic N) is 1. The fourth-order valence-electron chi connectivity index (χ4n) is 0.933. The molecule has 0 saturated heterocycles. The summed E-state index contributed by atoms with van der Waals surface area (Å²) in [5.74, 6) is -1.48. The molecule has 1 aromatic heterocycles. The number of Topliss-reactive ketones (excluding diaryl/α,β-unsaturated/α-hetero) is 1. The monoisotopic (exact) mass is 215 g/mol. The topological polar surface area (TPSA) is 76.5 Å². The predicted molar refractivity (Wildman–Crippen MR) is 49.8 cm³/mol. The molecule has 0 spiro atoms. The van der Waals surface area contributed by atoms with E-state index in [0.717, 1.165) is 11.3 Å². The van der Waals surface area contributed by atoms with Crippen LogP contribution in [0.15, 0.2) is 0 Å². The zero-order valence-electron chi connectivity index (χ0n) is 7.73. The normalized spacial score (nSPS) is 10.1. The molecule has 0 aromatic carbocycles. The summed E-state index contributed by atoms with van der Waals surface area (Å²) >= 11 is 1.05. The van der Waals surface area contributed by atoms with Crippen molar-refractivity contribution in [3.63, 3.8) is 0 Å². The van der Waals surface area contributed by atoms with E-state index in [1.54, 1.807) is 0 Å². The van der Waals surface area contributed by atoms with Gasteiger partial charge in [0.25, 0.3) is 0 Å². The highest BCUT2D eigenvalue weighted by molar-refractivity contribution is 7.14. The number of methoxy groups -OCH3 is 1. The number of ketones is 1. The number of carbonyl (C=O) groups is 2. The first-order valence-corrected chi connectivity index (χ1v) is 4.60. The second-order valence-corrected chi connectivity index (χ2v) is 3.66. The van der Waals surface area contributed by atoms with E-state index in [-0.39, 0.29) is 23.0 Å². The molecule has 76 valence electrons. The van der Waals surface area contributed by atoms with Gasteiger partial charge in [-0.2, -0.15) is 0 Å². The molecule has 5 nitrogen and oxygen atoms in total. The number of carbonyl (C=O) groups excluding carboxylic acids is 1. The van der Waals surface area contributed by atoms with E-state index in [0.29, 0.717) is 5.01 Å². The van der Waals surface area contributed by atoms with E-state index in [9.17, 15) is 9.59 Å². The molecule has 0 fully saturated rings. The minimum atomic E-state index is -1.19. The van der Waals surface area contributed by atoms with Crippen LogP contribution in [-0.4, -0.2) is 29.0 Å². The number of hydrogen-bond donors (Lipinski definition) is 1. The molecule has 0 unspecified atom stereocenters. The van der Waals surface area contributed by atoms with E-state index < -0.39 is 5.97 Å². The molecule has 0 bridgehead atoms. The molecule has 0 aliphatic heterocycles. The number of hydrogen-bond acceptors (Lipinski definition) is 5. The fourth-order valence-corrected chi connectivity index (χ4v) is 1.86. The molecule has 1 aromatic rings. The smallest absolute Gasteiger partial charge is 0.356 e. The summed E-state index contributed by atoms with van der Waals surface area (Å²) in [6.07, 6.45) is 0. The van der Waals surface area contributed by atoms with Gasteiger partial charge in [-0.15, -0.1) is 11.3 Å². The Labute approximate surface area is 84.3 Å². The number of aromatic carboxylic acids is 1. The van der Waals surface area contributed by atoms with E-state index >= 15 is 0 Å². The second-order valence-electron chi connectivity index (χ2n) is 2.58. The van der Waals surface area contributed by atoms with Crippen LogP contribution in [0.2, 0.25) is 0 Å². The molecule has 14 heavy (non-hydrogen) atoms. The van der Waals surface area contributed by atoms with Crippen LogP contribution in [0.25, 0.3) is 0 Å². The molecule has 0 aliphatic rings. The zero-order chi connectivity index (χ0) is 10.7. The molecule has 0 atom stereocenters. The molecular formula is C8H9NO4S. The van der Waals surface area contributed by atoms with Crippen molar-refractivity contribution in [3.8, 4) is 0 Å². The summed E-state index contributed by atoms with van der Waals surface area (Å²) in [6.45, 7) is 1.54. The number of aromatic nitrogens is 1. The Kier molecular flexibility index (Phi) is 3.32. The van der Waals surface area contributed by atoms with Crippen molar-refractivity contribution in [2.45, 2.75) is 13.5 Å². The van der Waals surface area contributed by atoms with Crippen LogP contribution >= 0.6 is 11.3 Å². The van der Waals surface area contributed by atoms with E-state index in [1.807, 2.05) is 0 Å². The molecule has 0 aliphatic carbocycles. The van der Waals surface area contributed by atoms with Crippen LogP contribution in [-0.2, 0) is 11.3 Å². The SMILES string of the molecule is COCc1nc(C(=O)O)c(C(C)=O)s1. The summed E-state index contributed by atoms with van der Waals surface area (Å²) in [7, 11) is 1.48. The van der Waals surface area contributed by atoms with E-state index in [4.69, 9.17) is 9.84 Å². The maximum atomic E-state index is 11.1. The molecule has 0 amide bonds. The average Bonchev–Trinajstić information content (AvgIpc) is 2.49. The molecule has 0 radical (unpaired) electrons. The second kappa shape index (κ2) is 4.30. The van der Waals surface area contributed by atoms with Crippen molar-refractivity contribution in [1.29, 1.82) is 0 Å². The Bertz CT molecular complexity index is 340. The lowest BCUT2D eigenvalue weighted by Gasteiger charge is -1.89. The molecule has 1 N–H and O–H groups in total. The van der Waals surface area contributed by atoms with Gasteiger partial charge in [0, 0.05) is 14.0 Å². The highest BCUT2D eigenvalue weighted by Crippen LogP contribution is 2.19. The summed E-state index contributed by atoms with van der Waals surface area (Å²) in [5, 5.41) is 9.24. The van der Waals surface area contributed by atoms with Crippen molar-refractivity contribution in [3.05, 3.63) is 15.6 Å².